The second kappa shape index (κ2) is 6.01. The maximum absolute atomic E-state index is 5.46. The topological polar surface area (TPSA) is 56.5 Å². The highest BCUT2D eigenvalue weighted by Gasteiger charge is 2.14. The predicted octanol–water partition coefficient (Wildman–Crippen LogP) is 1.23. The monoisotopic (exact) mass is 220 g/mol. The third-order valence-electron chi connectivity index (χ3n) is 2.34. The fourth-order valence-electron chi connectivity index (χ4n) is 1.49. The van der Waals surface area contributed by atoms with E-state index in [1.807, 2.05) is 18.2 Å². The molecule has 3 N–H and O–H groups in total. The Morgan fingerprint density at radius 3 is 2.69 bits per heavy atom. The molecule has 0 fully saturated rings. The highest BCUT2D eigenvalue weighted by atomic mass is 16.5. The van der Waals surface area contributed by atoms with Crippen molar-refractivity contribution in [2.75, 3.05) is 14.2 Å². The number of nitrogens with one attached hydrogen (secondary N) is 1. The summed E-state index contributed by atoms with van der Waals surface area (Å²) in [6.07, 6.45) is 5.77. The quantitative estimate of drug-likeness (QED) is 0.445. The molecule has 0 spiro atoms. The molecule has 1 atom stereocenters. The van der Waals surface area contributed by atoms with E-state index in [2.05, 4.69) is 11.3 Å². The molecule has 0 aliphatic carbocycles. The molecule has 0 radical (unpaired) electrons. The zero-order valence-corrected chi connectivity index (χ0v) is 9.49. The molecule has 0 heterocycles. The molecular weight excluding hydrogens is 204 g/mol. The van der Waals surface area contributed by atoms with Gasteiger partial charge in [-0.3, -0.25) is 11.3 Å². The van der Waals surface area contributed by atoms with E-state index in [0.29, 0.717) is 6.42 Å². The standard InChI is InChI=1S/C12H16N2O2/c1-4-5-11(14-13)10-8-9(15-2)6-7-12(10)16-3/h1,6-8,11,14H,5,13H2,2-3H3. The van der Waals surface area contributed by atoms with Gasteiger partial charge in [-0.15, -0.1) is 12.3 Å². The fraction of sp³-hybridized carbons (Fsp3) is 0.333. The number of rotatable bonds is 5. The molecule has 4 heteroatoms. The summed E-state index contributed by atoms with van der Waals surface area (Å²) in [6, 6.07) is 5.37. The molecule has 1 aromatic rings. The van der Waals surface area contributed by atoms with E-state index in [1.165, 1.54) is 0 Å². The van der Waals surface area contributed by atoms with Gasteiger partial charge >= 0.3 is 0 Å². The van der Waals surface area contributed by atoms with E-state index >= 15 is 0 Å². The van der Waals surface area contributed by atoms with Crippen LogP contribution in [0, 0.1) is 12.3 Å². The van der Waals surface area contributed by atoms with Gasteiger partial charge in [0.15, 0.2) is 0 Å². The number of methoxy groups -OCH3 is 2. The Morgan fingerprint density at radius 2 is 2.19 bits per heavy atom. The van der Waals surface area contributed by atoms with Gasteiger partial charge in [-0.1, -0.05) is 0 Å². The van der Waals surface area contributed by atoms with Gasteiger partial charge in [0.05, 0.1) is 20.3 Å². The Hall–Kier alpha value is -1.70. The minimum atomic E-state index is -0.143. The Morgan fingerprint density at radius 1 is 1.44 bits per heavy atom. The number of ether oxygens (including phenoxy) is 2. The molecule has 1 unspecified atom stereocenters. The van der Waals surface area contributed by atoms with Crippen LogP contribution >= 0.6 is 0 Å². The average Bonchev–Trinajstić information content (AvgIpc) is 2.35. The number of hydrogen-bond acceptors (Lipinski definition) is 4. The predicted molar refractivity (Wildman–Crippen MR) is 63.1 cm³/mol. The summed E-state index contributed by atoms with van der Waals surface area (Å²) in [6.45, 7) is 0. The van der Waals surface area contributed by atoms with Crippen LogP contribution in [0.3, 0.4) is 0 Å². The van der Waals surface area contributed by atoms with Crippen molar-refractivity contribution in [3.63, 3.8) is 0 Å². The largest absolute Gasteiger partial charge is 0.497 e. The first-order valence-electron chi connectivity index (χ1n) is 4.88. The van der Waals surface area contributed by atoms with E-state index in [9.17, 15) is 0 Å². The molecule has 16 heavy (non-hydrogen) atoms. The molecule has 86 valence electrons. The van der Waals surface area contributed by atoms with Crippen LogP contribution in [0.15, 0.2) is 18.2 Å². The maximum Gasteiger partial charge on any atom is 0.123 e. The SMILES string of the molecule is C#CCC(NN)c1cc(OC)ccc1OC. The molecule has 4 nitrogen and oxygen atoms in total. The first-order chi connectivity index (χ1) is 7.76. The van der Waals surface area contributed by atoms with E-state index in [-0.39, 0.29) is 6.04 Å². The van der Waals surface area contributed by atoms with Crippen LogP contribution in [0.2, 0.25) is 0 Å². The maximum atomic E-state index is 5.46. The first-order valence-corrected chi connectivity index (χ1v) is 4.88. The second-order valence-corrected chi connectivity index (χ2v) is 3.24. The van der Waals surface area contributed by atoms with Crippen molar-refractivity contribution in [2.24, 2.45) is 5.84 Å². The van der Waals surface area contributed by atoms with Crippen LogP contribution in [0.25, 0.3) is 0 Å². The summed E-state index contributed by atoms with van der Waals surface area (Å²) in [5, 5.41) is 0. The van der Waals surface area contributed by atoms with Crippen molar-refractivity contribution < 1.29 is 9.47 Å². The summed E-state index contributed by atoms with van der Waals surface area (Å²) < 4.78 is 10.4. The molecule has 1 rings (SSSR count). The number of terminal acetylenes is 1. The van der Waals surface area contributed by atoms with Gasteiger partial charge in [0, 0.05) is 12.0 Å². The smallest absolute Gasteiger partial charge is 0.123 e. The fourth-order valence-corrected chi connectivity index (χ4v) is 1.49. The van der Waals surface area contributed by atoms with Crippen LogP contribution in [0.4, 0.5) is 0 Å². The van der Waals surface area contributed by atoms with Crippen molar-refractivity contribution in [1.82, 2.24) is 5.43 Å². The van der Waals surface area contributed by atoms with Gasteiger partial charge in [-0.05, 0) is 18.2 Å². The second-order valence-electron chi connectivity index (χ2n) is 3.24. The zero-order chi connectivity index (χ0) is 12.0. The summed E-state index contributed by atoms with van der Waals surface area (Å²) in [4.78, 5) is 0. The van der Waals surface area contributed by atoms with Crippen molar-refractivity contribution in [3.8, 4) is 23.8 Å². The molecule has 0 aliphatic heterocycles. The Labute approximate surface area is 95.7 Å². The van der Waals surface area contributed by atoms with Gasteiger partial charge in [0.2, 0.25) is 0 Å². The summed E-state index contributed by atoms with van der Waals surface area (Å²) in [7, 11) is 3.21. The molecule has 1 aromatic carbocycles. The number of hydrazine groups is 1. The van der Waals surface area contributed by atoms with Gasteiger partial charge < -0.3 is 9.47 Å². The number of benzene rings is 1. The normalized spacial score (nSPS) is 11.6. The molecule has 0 bridgehead atoms. The molecule has 0 amide bonds. The van der Waals surface area contributed by atoms with E-state index in [4.69, 9.17) is 21.7 Å². The molecular formula is C12H16N2O2. The molecule has 0 saturated carbocycles. The van der Waals surface area contributed by atoms with Crippen LogP contribution in [0.5, 0.6) is 11.5 Å². The highest BCUT2D eigenvalue weighted by molar-refractivity contribution is 5.42. The van der Waals surface area contributed by atoms with E-state index < -0.39 is 0 Å². The molecule has 0 aliphatic rings. The highest BCUT2D eigenvalue weighted by Crippen LogP contribution is 2.30. The lowest BCUT2D eigenvalue weighted by Gasteiger charge is -2.17. The summed E-state index contributed by atoms with van der Waals surface area (Å²) >= 11 is 0. The Balaban J connectivity index is 3.11. The van der Waals surface area contributed by atoms with Crippen LogP contribution < -0.4 is 20.7 Å². The van der Waals surface area contributed by atoms with Gasteiger partial charge in [-0.2, -0.15) is 0 Å². The van der Waals surface area contributed by atoms with Crippen molar-refractivity contribution in [3.05, 3.63) is 23.8 Å². The minimum Gasteiger partial charge on any atom is -0.497 e. The first kappa shape index (κ1) is 12.4. The average molecular weight is 220 g/mol. The third kappa shape index (κ3) is 2.66. The Kier molecular flexibility index (Phi) is 4.65. The van der Waals surface area contributed by atoms with Gasteiger partial charge in [-0.25, -0.2) is 0 Å². The lowest BCUT2D eigenvalue weighted by Crippen LogP contribution is -2.28. The van der Waals surface area contributed by atoms with Gasteiger partial charge in [0.1, 0.15) is 11.5 Å². The van der Waals surface area contributed by atoms with Crippen molar-refractivity contribution in [2.45, 2.75) is 12.5 Å². The van der Waals surface area contributed by atoms with Crippen LogP contribution in [-0.2, 0) is 0 Å². The van der Waals surface area contributed by atoms with Crippen LogP contribution in [0.1, 0.15) is 18.0 Å². The zero-order valence-electron chi connectivity index (χ0n) is 9.49. The minimum absolute atomic E-state index is 0.143. The summed E-state index contributed by atoms with van der Waals surface area (Å²) in [5.74, 6) is 9.51. The van der Waals surface area contributed by atoms with E-state index in [1.54, 1.807) is 14.2 Å². The number of nitrogens with two attached hydrogens (primary N) is 1. The van der Waals surface area contributed by atoms with Gasteiger partial charge in [0.25, 0.3) is 0 Å². The lowest BCUT2D eigenvalue weighted by atomic mass is 10.0. The van der Waals surface area contributed by atoms with Crippen molar-refractivity contribution >= 4 is 0 Å². The third-order valence-corrected chi connectivity index (χ3v) is 2.34. The van der Waals surface area contributed by atoms with E-state index in [0.717, 1.165) is 17.1 Å². The van der Waals surface area contributed by atoms with Crippen LogP contribution in [-0.4, -0.2) is 14.2 Å². The molecule has 0 aromatic heterocycles. The lowest BCUT2D eigenvalue weighted by molar-refractivity contribution is 0.390. The number of hydrogen-bond donors (Lipinski definition) is 2. The van der Waals surface area contributed by atoms with Crippen molar-refractivity contribution in [1.29, 1.82) is 0 Å². The molecule has 0 saturated heterocycles. The summed E-state index contributed by atoms with van der Waals surface area (Å²) in [5.41, 5.74) is 3.56. The Bertz CT molecular complexity index is 385.